The van der Waals surface area contributed by atoms with E-state index in [9.17, 15) is 14.5 Å². The number of carbonyl (C=O) groups is 1. The van der Waals surface area contributed by atoms with E-state index in [2.05, 4.69) is 11.8 Å². The molecule has 2 atom stereocenters. The lowest BCUT2D eigenvalue weighted by atomic mass is 9.95. The minimum absolute atomic E-state index is 0.0585. The molecule has 1 N–H and O–H groups in total. The van der Waals surface area contributed by atoms with Crippen molar-refractivity contribution in [3.8, 4) is 23.1 Å². The molecule has 188 valence electrons. The van der Waals surface area contributed by atoms with Gasteiger partial charge in [0, 0.05) is 34.7 Å². The van der Waals surface area contributed by atoms with Crippen LogP contribution >= 0.6 is 0 Å². The van der Waals surface area contributed by atoms with Crippen molar-refractivity contribution in [2.45, 2.75) is 51.4 Å². The van der Waals surface area contributed by atoms with Gasteiger partial charge in [-0.05, 0) is 72.0 Å². The van der Waals surface area contributed by atoms with Crippen LogP contribution in [0.25, 0.3) is 11.3 Å². The van der Waals surface area contributed by atoms with Crippen LogP contribution in [0.4, 0.5) is 0 Å². The van der Waals surface area contributed by atoms with E-state index in [4.69, 9.17) is 9.72 Å². The summed E-state index contributed by atoms with van der Waals surface area (Å²) in [6.45, 7) is 8.78. The molecule has 0 unspecified atom stereocenters. The molecule has 1 aliphatic heterocycles. The number of benzene rings is 1. The lowest BCUT2D eigenvalue weighted by Gasteiger charge is -2.33. The highest BCUT2D eigenvalue weighted by atomic mass is 32.2. The average molecular weight is 498 g/mol. The molecule has 2 heterocycles. The van der Waals surface area contributed by atoms with Crippen LogP contribution in [0.5, 0.6) is 0 Å². The van der Waals surface area contributed by atoms with Gasteiger partial charge in [0.15, 0.2) is 0 Å². The van der Waals surface area contributed by atoms with Crippen molar-refractivity contribution in [1.29, 1.82) is 0 Å². The summed E-state index contributed by atoms with van der Waals surface area (Å²) >= 11 is -1.32. The number of fused-ring (bicyclic) bond motifs is 1. The van der Waals surface area contributed by atoms with Gasteiger partial charge in [0.2, 0.25) is 0 Å². The first-order valence-corrected chi connectivity index (χ1v) is 12.9. The Kier molecular flexibility index (Phi) is 8.97. The van der Waals surface area contributed by atoms with E-state index in [1.165, 1.54) is 0 Å². The van der Waals surface area contributed by atoms with Crippen LogP contribution in [0, 0.1) is 11.8 Å². The van der Waals surface area contributed by atoms with E-state index in [-0.39, 0.29) is 24.9 Å². The zero-order valence-corrected chi connectivity index (χ0v) is 22.2. The molecule has 0 spiro atoms. The maximum absolute atomic E-state index is 13.4. The van der Waals surface area contributed by atoms with E-state index in [1.54, 1.807) is 13.0 Å². The number of rotatable bonds is 7. The molecule has 0 saturated carbocycles. The van der Waals surface area contributed by atoms with Gasteiger partial charge in [-0.2, -0.15) is 0 Å². The minimum Gasteiger partial charge on any atom is -0.597 e. The van der Waals surface area contributed by atoms with Crippen molar-refractivity contribution in [1.82, 2.24) is 14.2 Å². The summed E-state index contributed by atoms with van der Waals surface area (Å²) in [6.07, 6.45) is 0.407. The second kappa shape index (κ2) is 11.5. The number of nitrogens with zero attached hydrogens (tertiary/aromatic N) is 3. The highest BCUT2D eigenvalue weighted by molar-refractivity contribution is 7.90. The maximum atomic E-state index is 13.4. The lowest BCUT2D eigenvalue weighted by molar-refractivity contribution is 0.0519. The normalized spacial score (nSPS) is 16.5. The zero-order valence-electron chi connectivity index (χ0n) is 21.4. The molecular formula is C27H35N3O4S. The molecule has 0 fully saturated rings. The SMILES string of the molecule is CCOC(=O)c1cc2c(c(-c3cccc(C#CCN(C)C)c3)n1)[C@@H](CCO)N([S@+]([O-])C(C)(C)C)C2. The minimum atomic E-state index is -1.32. The Labute approximate surface area is 211 Å². The molecule has 0 aliphatic carbocycles. The quantitative estimate of drug-likeness (QED) is 0.356. The predicted molar refractivity (Wildman–Crippen MR) is 139 cm³/mol. The molecule has 0 amide bonds. The summed E-state index contributed by atoms with van der Waals surface area (Å²) in [5, 5.41) is 9.87. The van der Waals surface area contributed by atoms with E-state index in [1.807, 2.05) is 68.3 Å². The number of hydrogen-bond acceptors (Lipinski definition) is 7. The van der Waals surface area contributed by atoms with Gasteiger partial charge < -0.3 is 14.4 Å². The summed E-state index contributed by atoms with van der Waals surface area (Å²) in [7, 11) is 3.93. The summed E-state index contributed by atoms with van der Waals surface area (Å²) in [5.74, 6) is 5.84. The topological polar surface area (TPSA) is 89.0 Å². The number of ether oxygens (including phenoxy) is 1. The van der Waals surface area contributed by atoms with Crippen LogP contribution in [0.2, 0.25) is 0 Å². The fourth-order valence-corrected chi connectivity index (χ4v) is 5.44. The molecule has 3 rings (SSSR count). The second-order valence-electron chi connectivity index (χ2n) is 9.73. The van der Waals surface area contributed by atoms with Crippen molar-refractivity contribution in [2.24, 2.45) is 0 Å². The Morgan fingerprint density at radius 1 is 1.34 bits per heavy atom. The van der Waals surface area contributed by atoms with Crippen molar-refractivity contribution in [3.63, 3.8) is 0 Å². The van der Waals surface area contributed by atoms with Gasteiger partial charge >= 0.3 is 5.97 Å². The van der Waals surface area contributed by atoms with Crippen LogP contribution < -0.4 is 0 Å². The number of aromatic nitrogens is 1. The van der Waals surface area contributed by atoms with Crippen molar-refractivity contribution in [3.05, 3.63) is 52.7 Å². The third-order valence-electron chi connectivity index (χ3n) is 5.54. The molecule has 0 bridgehead atoms. The first-order chi connectivity index (χ1) is 16.6. The molecule has 35 heavy (non-hydrogen) atoms. The first-order valence-electron chi connectivity index (χ1n) is 11.8. The smallest absolute Gasteiger partial charge is 0.356 e. The first kappa shape index (κ1) is 27.2. The third-order valence-corrected chi connectivity index (χ3v) is 7.40. The number of pyridine rings is 1. The number of aliphatic hydroxyl groups is 1. The van der Waals surface area contributed by atoms with E-state index >= 15 is 0 Å². The Hall–Kier alpha value is -2.41. The van der Waals surface area contributed by atoms with Crippen molar-refractivity contribution < 1.29 is 19.2 Å². The van der Waals surface area contributed by atoms with E-state index in [0.717, 1.165) is 22.3 Å². The van der Waals surface area contributed by atoms with Crippen molar-refractivity contribution in [2.75, 3.05) is 33.9 Å². The van der Waals surface area contributed by atoms with Gasteiger partial charge in [0.1, 0.15) is 10.4 Å². The van der Waals surface area contributed by atoms with Gasteiger partial charge in [-0.25, -0.2) is 9.78 Å². The monoisotopic (exact) mass is 497 g/mol. The number of aliphatic hydroxyl groups excluding tert-OH is 1. The van der Waals surface area contributed by atoms with Crippen LogP contribution in [0.1, 0.15) is 67.3 Å². The van der Waals surface area contributed by atoms with Crippen molar-refractivity contribution >= 4 is 17.3 Å². The van der Waals surface area contributed by atoms with E-state index in [0.29, 0.717) is 25.2 Å². The Balaban J connectivity index is 2.17. The van der Waals surface area contributed by atoms with Crippen LogP contribution in [-0.2, 0) is 22.6 Å². The summed E-state index contributed by atoms with van der Waals surface area (Å²) in [6, 6.07) is 9.20. The largest absolute Gasteiger partial charge is 0.597 e. The highest BCUT2D eigenvalue weighted by Gasteiger charge is 2.44. The lowest BCUT2D eigenvalue weighted by Crippen LogP contribution is -2.42. The van der Waals surface area contributed by atoms with Gasteiger partial charge in [-0.15, -0.1) is 4.31 Å². The molecule has 1 aromatic carbocycles. The Bertz CT molecular complexity index is 1120. The molecule has 0 radical (unpaired) electrons. The Morgan fingerprint density at radius 3 is 2.71 bits per heavy atom. The average Bonchev–Trinajstić information content (AvgIpc) is 3.16. The zero-order chi connectivity index (χ0) is 25.8. The number of esters is 1. The fraction of sp³-hybridized carbons (Fsp3) is 0.481. The summed E-state index contributed by atoms with van der Waals surface area (Å²) < 4.78 is 20.1. The highest BCUT2D eigenvalue weighted by Crippen LogP contribution is 2.45. The number of hydrogen-bond donors (Lipinski definition) is 1. The van der Waals surface area contributed by atoms with E-state index < -0.39 is 22.1 Å². The summed E-state index contributed by atoms with van der Waals surface area (Å²) in [4.78, 5) is 19.4. The molecule has 1 aromatic heterocycles. The second-order valence-corrected chi connectivity index (χ2v) is 11.9. The summed E-state index contributed by atoms with van der Waals surface area (Å²) in [5.41, 5.74) is 4.27. The molecule has 0 saturated heterocycles. The number of carbonyl (C=O) groups excluding carboxylic acids is 1. The molecule has 2 aromatic rings. The van der Waals surface area contributed by atoms with Gasteiger partial charge in [0.25, 0.3) is 0 Å². The predicted octanol–water partition coefficient (Wildman–Crippen LogP) is 3.54. The maximum Gasteiger partial charge on any atom is 0.356 e. The van der Waals surface area contributed by atoms with Gasteiger partial charge in [0.05, 0.1) is 31.4 Å². The molecule has 7 nitrogen and oxygen atoms in total. The van der Waals surface area contributed by atoms with Crippen LogP contribution in [-0.4, -0.2) is 68.4 Å². The standard InChI is InChI=1S/C27H35N3O4S/c1-7-34-26(32)22-17-21-18-30(35(33)27(2,3)4)23(13-15-31)24(21)25(28-22)20-12-8-10-19(16-20)11-9-14-29(5)6/h8,10,12,16-17,23,31H,7,13-15,18H2,1-6H3/t23-,35-/m1/s1. The van der Waals surface area contributed by atoms with Gasteiger partial charge in [-0.1, -0.05) is 24.0 Å². The van der Waals surface area contributed by atoms with Crippen LogP contribution in [0.15, 0.2) is 30.3 Å². The fourth-order valence-electron chi connectivity index (χ4n) is 4.04. The molecule has 1 aliphatic rings. The Morgan fingerprint density at radius 2 is 2.09 bits per heavy atom. The van der Waals surface area contributed by atoms with Gasteiger partial charge in [-0.3, -0.25) is 4.90 Å². The molecule has 8 heteroatoms. The van der Waals surface area contributed by atoms with Crippen LogP contribution in [0.3, 0.4) is 0 Å². The molecular weight excluding hydrogens is 462 g/mol. The third kappa shape index (κ3) is 6.43.